The van der Waals surface area contributed by atoms with Crippen molar-refractivity contribution in [3.8, 4) is 16.9 Å². The minimum atomic E-state index is -0.907. The number of aliphatic hydroxyl groups excluding tert-OH is 2. The standard InChI is InChI=1S/C47H64N6O6/c1-27-38-21-33(47(38,3)4)22-40(27)50-46(57)43-42(28(2)55)41(26-54)59-53(43)24-29-13-12-15-37(44(29)58-9)30-17-31(20-35(19-30)52(7)8)45(56)49-34(25-51(5)6)18-32-23-48-39-16-11-10-14-36(32)39/h10-17,19-20,23,27-28,33-34,38,40-43,48,54-55H,18,21-22,24-26H2,1-9H3,(H,49,56)(H,50,57)/t27-,28-,33+,34-,38-,40-,41-,42+,43-/m0/s1. The molecule has 3 aromatic carbocycles. The summed E-state index contributed by atoms with van der Waals surface area (Å²) in [7, 11) is 9.53. The summed E-state index contributed by atoms with van der Waals surface area (Å²) in [5.74, 6) is 0.990. The number of likely N-dealkylation sites (N-methyl/N-ethyl adjacent to an activating group) is 1. The number of nitrogens with one attached hydrogen (secondary N) is 3. The first-order valence-electron chi connectivity index (χ1n) is 21.1. The van der Waals surface area contributed by atoms with E-state index in [1.54, 1.807) is 19.1 Å². The fraction of sp³-hybridized carbons (Fsp3) is 0.532. The number of anilines is 1. The van der Waals surface area contributed by atoms with Gasteiger partial charge in [-0.1, -0.05) is 57.2 Å². The van der Waals surface area contributed by atoms with Gasteiger partial charge in [0.15, 0.2) is 0 Å². The zero-order chi connectivity index (χ0) is 42.3. The molecule has 8 rings (SSSR count). The number of hydroxylamine groups is 2. The van der Waals surface area contributed by atoms with Crippen molar-refractivity contribution < 1.29 is 29.4 Å². The average molecular weight is 809 g/mol. The highest BCUT2D eigenvalue weighted by Gasteiger charge is 2.57. The van der Waals surface area contributed by atoms with Crippen molar-refractivity contribution >= 4 is 28.4 Å². The molecule has 3 saturated carbocycles. The van der Waals surface area contributed by atoms with Crippen LogP contribution in [0, 0.1) is 29.1 Å². The van der Waals surface area contributed by atoms with Crippen molar-refractivity contribution in [3.05, 3.63) is 83.6 Å². The van der Waals surface area contributed by atoms with Gasteiger partial charge < -0.3 is 40.4 Å². The number of rotatable bonds is 15. The second kappa shape index (κ2) is 17.3. The van der Waals surface area contributed by atoms with E-state index in [1.807, 2.05) is 87.8 Å². The first-order chi connectivity index (χ1) is 28.1. The van der Waals surface area contributed by atoms with Crippen LogP contribution < -0.4 is 20.3 Å². The van der Waals surface area contributed by atoms with Crippen LogP contribution in [0.25, 0.3) is 22.0 Å². The Morgan fingerprint density at radius 3 is 2.47 bits per heavy atom. The largest absolute Gasteiger partial charge is 0.496 e. The van der Waals surface area contributed by atoms with E-state index in [2.05, 4.69) is 53.4 Å². The molecule has 9 atom stereocenters. The molecule has 2 bridgehead atoms. The summed E-state index contributed by atoms with van der Waals surface area (Å²) in [6, 6.07) is 18.9. The van der Waals surface area contributed by atoms with E-state index >= 15 is 0 Å². The fourth-order valence-electron chi connectivity index (χ4n) is 10.4. The number of carbonyl (C=O) groups is 2. The van der Waals surface area contributed by atoms with Crippen LogP contribution in [0.5, 0.6) is 5.75 Å². The monoisotopic (exact) mass is 808 g/mol. The predicted molar refractivity (Wildman–Crippen MR) is 232 cm³/mol. The highest BCUT2D eigenvalue weighted by atomic mass is 16.7. The van der Waals surface area contributed by atoms with Crippen LogP contribution in [0.1, 0.15) is 62.0 Å². The first-order valence-corrected chi connectivity index (χ1v) is 21.1. The number of ether oxygens (including phenoxy) is 1. The summed E-state index contributed by atoms with van der Waals surface area (Å²) < 4.78 is 6.13. The van der Waals surface area contributed by atoms with Crippen molar-refractivity contribution in [2.45, 2.75) is 83.8 Å². The van der Waals surface area contributed by atoms with E-state index in [0.29, 0.717) is 42.0 Å². The smallest absolute Gasteiger partial charge is 0.251 e. The molecule has 5 N–H and O–H groups in total. The Balaban J connectivity index is 1.16. The number of carbonyl (C=O) groups excluding carboxylic acids is 2. The number of para-hydroxylation sites is 2. The summed E-state index contributed by atoms with van der Waals surface area (Å²) in [6.07, 6.45) is 3.14. The Labute approximate surface area is 349 Å². The van der Waals surface area contributed by atoms with E-state index in [1.165, 1.54) is 6.42 Å². The van der Waals surface area contributed by atoms with Crippen LogP contribution in [0.3, 0.4) is 0 Å². The zero-order valence-electron chi connectivity index (χ0n) is 36.2. The lowest BCUT2D eigenvalue weighted by atomic mass is 9.45. The van der Waals surface area contributed by atoms with E-state index in [0.717, 1.165) is 45.3 Å². The number of aliphatic hydroxyl groups is 2. The van der Waals surface area contributed by atoms with Gasteiger partial charge in [-0.05, 0) is 98.8 Å². The molecule has 318 valence electrons. The first kappa shape index (κ1) is 42.7. The summed E-state index contributed by atoms with van der Waals surface area (Å²) in [5, 5.41) is 30.9. The third-order valence-corrected chi connectivity index (χ3v) is 13.8. The van der Waals surface area contributed by atoms with Gasteiger partial charge in [-0.2, -0.15) is 5.06 Å². The Morgan fingerprint density at radius 2 is 1.81 bits per heavy atom. The fourth-order valence-corrected chi connectivity index (χ4v) is 10.4. The van der Waals surface area contributed by atoms with Crippen molar-refractivity contribution in [3.63, 3.8) is 0 Å². The van der Waals surface area contributed by atoms with Crippen molar-refractivity contribution in [2.24, 2.45) is 29.1 Å². The number of aromatic nitrogens is 1. The number of H-pyrrole nitrogens is 1. The third kappa shape index (κ3) is 8.48. The molecular formula is C47H64N6O6. The molecule has 0 unspecified atom stereocenters. The molecular weight excluding hydrogens is 745 g/mol. The van der Waals surface area contributed by atoms with Gasteiger partial charge >= 0.3 is 0 Å². The van der Waals surface area contributed by atoms with Gasteiger partial charge in [0.2, 0.25) is 5.91 Å². The Bertz CT molecular complexity index is 2130. The van der Waals surface area contributed by atoms with Crippen molar-refractivity contribution in [1.82, 2.24) is 25.6 Å². The molecule has 0 radical (unpaired) electrons. The van der Waals surface area contributed by atoms with Gasteiger partial charge in [0, 0.05) is 78.1 Å². The molecule has 1 aromatic heterocycles. The normalized spacial score (nSPS) is 26.0. The maximum Gasteiger partial charge on any atom is 0.251 e. The van der Waals surface area contributed by atoms with Crippen LogP contribution in [0.4, 0.5) is 5.69 Å². The van der Waals surface area contributed by atoms with Gasteiger partial charge in [0.25, 0.3) is 5.91 Å². The topological polar surface area (TPSA) is 143 Å². The van der Waals surface area contributed by atoms with E-state index < -0.39 is 24.2 Å². The third-order valence-electron chi connectivity index (χ3n) is 13.8. The molecule has 12 heteroatoms. The van der Waals surface area contributed by atoms with E-state index in [-0.39, 0.29) is 42.5 Å². The molecule has 2 amide bonds. The number of benzene rings is 3. The van der Waals surface area contributed by atoms with Gasteiger partial charge in [0.1, 0.15) is 17.9 Å². The molecule has 0 spiro atoms. The highest BCUT2D eigenvalue weighted by Crippen LogP contribution is 2.61. The van der Waals surface area contributed by atoms with Crippen LogP contribution >= 0.6 is 0 Å². The minimum Gasteiger partial charge on any atom is -0.496 e. The SMILES string of the molecule is COc1c(CN2O[C@@H](CO)[C@@H]([C@H](C)O)[C@H]2C(=O)N[C@H]2C[C@H]3C[C@@H]([C@@H]2C)C3(C)C)cccc1-c1cc(C(=O)N[C@@H](Cc2c[nH]c3ccccc23)CN(C)C)cc(N(C)C)c1. The van der Waals surface area contributed by atoms with E-state index in [9.17, 15) is 19.8 Å². The van der Waals surface area contributed by atoms with Crippen LogP contribution in [0.2, 0.25) is 0 Å². The van der Waals surface area contributed by atoms with Crippen LogP contribution in [-0.2, 0) is 22.6 Å². The number of methoxy groups -OCH3 is 1. The van der Waals surface area contributed by atoms with Crippen molar-refractivity contribution in [1.29, 1.82) is 0 Å². The lowest BCUT2D eigenvalue weighted by Gasteiger charge is -2.62. The quantitative estimate of drug-likeness (QED) is 0.106. The van der Waals surface area contributed by atoms with E-state index in [4.69, 9.17) is 9.57 Å². The number of hydrogen-bond acceptors (Lipinski definition) is 9. The van der Waals surface area contributed by atoms with Gasteiger partial charge in [-0.15, -0.1) is 0 Å². The Kier molecular flexibility index (Phi) is 12.5. The Hall–Kier alpha value is -4.46. The molecule has 4 aliphatic rings. The second-order valence-electron chi connectivity index (χ2n) is 18.4. The highest BCUT2D eigenvalue weighted by molar-refractivity contribution is 5.97. The Morgan fingerprint density at radius 1 is 1.05 bits per heavy atom. The van der Waals surface area contributed by atoms with Gasteiger partial charge in [-0.25, -0.2) is 0 Å². The maximum absolute atomic E-state index is 14.3. The molecule has 2 heterocycles. The predicted octanol–water partition coefficient (Wildman–Crippen LogP) is 5.47. The number of fused-ring (bicyclic) bond motifs is 3. The molecule has 1 aliphatic heterocycles. The van der Waals surface area contributed by atoms with Crippen LogP contribution in [-0.4, -0.2) is 116 Å². The zero-order valence-corrected chi connectivity index (χ0v) is 36.2. The van der Waals surface area contributed by atoms with Gasteiger partial charge in [-0.3, -0.25) is 14.4 Å². The molecule has 4 fully saturated rings. The number of aromatic amines is 1. The number of amides is 2. The van der Waals surface area contributed by atoms with Gasteiger partial charge in [0.05, 0.1) is 26.4 Å². The average Bonchev–Trinajstić information content (AvgIpc) is 3.79. The number of hydrogen-bond donors (Lipinski definition) is 5. The molecule has 4 aromatic rings. The summed E-state index contributed by atoms with van der Waals surface area (Å²) >= 11 is 0. The molecule has 3 aliphatic carbocycles. The minimum absolute atomic E-state index is 0.0314. The lowest BCUT2D eigenvalue weighted by molar-refractivity contribution is -0.183. The summed E-state index contributed by atoms with van der Waals surface area (Å²) in [6.45, 7) is 9.04. The molecule has 12 nitrogen and oxygen atoms in total. The number of nitrogens with zero attached hydrogens (tertiary/aromatic N) is 3. The van der Waals surface area contributed by atoms with Crippen LogP contribution in [0.15, 0.2) is 66.9 Å². The molecule has 1 saturated heterocycles. The summed E-state index contributed by atoms with van der Waals surface area (Å²) in [4.78, 5) is 42.3. The van der Waals surface area contributed by atoms with Crippen molar-refractivity contribution in [2.75, 3.05) is 53.4 Å². The summed E-state index contributed by atoms with van der Waals surface area (Å²) in [5.41, 5.74) is 6.18. The lowest BCUT2D eigenvalue weighted by Crippen LogP contribution is -2.62. The maximum atomic E-state index is 14.3. The molecule has 59 heavy (non-hydrogen) atoms. The second-order valence-corrected chi connectivity index (χ2v) is 18.4.